The lowest BCUT2D eigenvalue weighted by atomic mass is 9.80. The molecule has 1 amide bonds. The SMILES string of the molecule is C=C(C)c1ccc(C2(O)CC3CCC(C2)N3C(=O)OC(C)(C)C)cc1. The van der Waals surface area contributed by atoms with E-state index in [0.717, 1.165) is 29.5 Å². The maximum atomic E-state index is 12.6. The number of rotatable bonds is 2. The lowest BCUT2D eigenvalue weighted by Gasteiger charge is -2.44. The van der Waals surface area contributed by atoms with E-state index in [9.17, 15) is 9.90 Å². The molecular weight excluding hydrogens is 314 g/mol. The first kappa shape index (κ1) is 18.0. The number of allylic oxidation sites excluding steroid dienone is 1. The molecule has 0 saturated carbocycles. The molecule has 0 aliphatic carbocycles. The van der Waals surface area contributed by atoms with Crippen LogP contribution < -0.4 is 0 Å². The number of ether oxygens (including phenoxy) is 1. The van der Waals surface area contributed by atoms with Crippen LogP contribution in [0.2, 0.25) is 0 Å². The van der Waals surface area contributed by atoms with Gasteiger partial charge in [-0.3, -0.25) is 0 Å². The van der Waals surface area contributed by atoms with Crippen molar-refractivity contribution in [1.82, 2.24) is 4.90 Å². The zero-order chi connectivity index (χ0) is 18.4. The van der Waals surface area contributed by atoms with E-state index in [1.54, 1.807) is 0 Å². The number of nitrogens with zero attached hydrogens (tertiary/aromatic N) is 1. The highest BCUT2D eigenvalue weighted by Crippen LogP contribution is 2.46. The summed E-state index contributed by atoms with van der Waals surface area (Å²) >= 11 is 0. The van der Waals surface area contributed by atoms with Crippen LogP contribution in [0.5, 0.6) is 0 Å². The van der Waals surface area contributed by atoms with Gasteiger partial charge in [-0.05, 0) is 51.7 Å². The molecule has 25 heavy (non-hydrogen) atoms. The van der Waals surface area contributed by atoms with Crippen LogP contribution in [0.1, 0.15) is 64.5 Å². The Bertz CT molecular complexity index is 657. The highest BCUT2D eigenvalue weighted by Gasteiger charge is 2.51. The molecule has 136 valence electrons. The van der Waals surface area contributed by atoms with Crippen LogP contribution in [0, 0.1) is 0 Å². The number of hydrogen-bond donors (Lipinski definition) is 1. The molecule has 1 aromatic rings. The van der Waals surface area contributed by atoms with Crippen LogP contribution in [0.4, 0.5) is 4.79 Å². The zero-order valence-electron chi connectivity index (χ0n) is 15.7. The largest absolute Gasteiger partial charge is 0.444 e. The maximum absolute atomic E-state index is 12.6. The number of aliphatic hydroxyl groups is 1. The van der Waals surface area contributed by atoms with Gasteiger partial charge in [0.15, 0.2) is 0 Å². The summed E-state index contributed by atoms with van der Waals surface area (Å²) in [5.41, 5.74) is 1.65. The molecular formula is C21H29NO3. The van der Waals surface area contributed by atoms with Crippen molar-refractivity contribution in [2.45, 2.75) is 76.7 Å². The molecule has 2 fully saturated rings. The van der Waals surface area contributed by atoms with Crippen molar-refractivity contribution in [3.63, 3.8) is 0 Å². The number of piperidine rings is 1. The van der Waals surface area contributed by atoms with Crippen molar-refractivity contribution in [3.8, 4) is 0 Å². The van der Waals surface area contributed by atoms with Crippen molar-refractivity contribution in [1.29, 1.82) is 0 Å². The van der Waals surface area contributed by atoms with E-state index in [1.165, 1.54) is 0 Å². The molecule has 0 radical (unpaired) electrons. The second kappa shape index (κ2) is 6.17. The number of amides is 1. The van der Waals surface area contributed by atoms with Crippen LogP contribution >= 0.6 is 0 Å². The van der Waals surface area contributed by atoms with Gasteiger partial charge < -0.3 is 14.7 Å². The normalized spacial score (nSPS) is 28.8. The Morgan fingerprint density at radius 2 is 1.72 bits per heavy atom. The van der Waals surface area contributed by atoms with Crippen LogP contribution in [0.25, 0.3) is 5.57 Å². The lowest BCUT2D eigenvalue weighted by Crippen LogP contribution is -2.53. The van der Waals surface area contributed by atoms with Gasteiger partial charge in [-0.15, -0.1) is 0 Å². The smallest absolute Gasteiger partial charge is 0.410 e. The molecule has 2 unspecified atom stereocenters. The fourth-order valence-electron chi connectivity index (χ4n) is 4.14. The minimum absolute atomic E-state index is 0.0411. The van der Waals surface area contributed by atoms with Crippen LogP contribution in [0.3, 0.4) is 0 Å². The molecule has 0 spiro atoms. The predicted octanol–water partition coefficient (Wildman–Crippen LogP) is 4.47. The van der Waals surface area contributed by atoms with Crippen LogP contribution in [-0.4, -0.2) is 33.8 Å². The Morgan fingerprint density at radius 1 is 1.20 bits per heavy atom. The summed E-state index contributed by atoms with van der Waals surface area (Å²) in [6, 6.07) is 8.09. The van der Waals surface area contributed by atoms with Gasteiger partial charge in [0.2, 0.25) is 0 Å². The number of fused-ring (bicyclic) bond motifs is 2. The maximum Gasteiger partial charge on any atom is 0.410 e. The second-order valence-electron chi connectivity index (χ2n) is 8.57. The van der Waals surface area contributed by atoms with Gasteiger partial charge in [0, 0.05) is 24.9 Å². The summed E-state index contributed by atoms with van der Waals surface area (Å²) in [4.78, 5) is 14.4. The number of carbonyl (C=O) groups excluding carboxylic acids is 1. The quantitative estimate of drug-likeness (QED) is 0.862. The Balaban J connectivity index is 1.78. The molecule has 0 aromatic heterocycles. The third kappa shape index (κ3) is 3.59. The monoisotopic (exact) mass is 343 g/mol. The minimum atomic E-state index is -0.877. The van der Waals surface area contributed by atoms with E-state index in [1.807, 2.05) is 56.9 Å². The van der Waals surface area contributed by atoms with E-state index in [0.29, 0.717) is 12.8 Å². The average molecular weight is 343 g/mol. The predicted molar refractivity (Wildman–Crippen MR) is 99.2 cm³/mol. The molecule has 2 heterocycles. The molecule has 2 bridgehead atoms. The molecule has 1 aromatic carbocycles. The van der Waals surface area contributed by atoms with E-state index in [-0.39, 0.29) is 18.2 Å². The molecule has 2 aliphatic rings. The van der Waals surface area contributed by atoms with E-state index >= 15 is 0 Å². The van der Waals surface area contributed by atoms with Gasteiger partial charge in [0.05, 0.1) is 5.60 Å². The Labute approximate surface area is 150 Å². The number of hydrogen-bond acceptors (Lipinski definition) is 3. The van der Waals surface area contributed by atoms with Crippen molar-refractivity contribution in [2.75, 3.05) is 0 Å². The van der Waals surface area contributed by atoms with Gasteiger partial charge in [0.1, 0.15) is 5.60 Å². The van der Waals surface area contributed by atoms with E-state index in [2.05, 4.69) is 6.58 Å². The highest BCUT2D eigenvalue weighted by atomic mass is 16.6. The van der Waals surface area contributed by atoms with Gasteiger partial charge >= 0.3 is 6.09 Å². The van der Waals surface area contributed by atoms with Crippen LogP contribution in [-0.2, 0) is 10.3 Å². The van der Waals surface area contributed by atoms with Crippen LogP contribution in [0.15, 0.2) is 30.8 Å². The first-order valence-corrected chi connectivity index (χ1v) is 9.09. The van der Waals surface area contributed by atoms with Crippen molar-refractivity contribution < 1.29 is 14.6 Å². The summed E-state index contributed by atoms with van der Waals surface area (Å²) in [5, 5.41) is 11.3. The molecule has 3 rings (SSSR count). The topological polar surface area (TPSA) is 49.8 Å². The van der Waals surface area contributed by atoms with Gasteiger partial charge in [-0.25, -0.2) is 4.79 Å². The average Bonchev–Trinajstić information content (AvgIpc) is 2.78. The summed E-state index contributed by atoms with van der Waals surface area (Å²) in [6.07, 6.45) is 2.73. The second-order valence-corrected chi connectivity index (χ2v) is 8.57. The molecule has 1 N–H and O–H groups in total. The summed E-state index contributed by atoms with van der Waals surface area (Å²) in [7, 11) is 0. The highest BCUT2D eigenvalue weighted by molar-refractivity contribution is 5.70. The first-order valence-electron chi connectivity index (χ1n) is 9.09. The van der Waals surface area contributed by atoms with Crippen molar-refractivity contribution in [3.05, 3.63) is 42.0 Å². The Kier molecular flexibility index (Phi) is 4.44. The number of benzene rings is 1. The zero-order valence-corrected chi connectivity index (χ0v) is 15.7. The molecule has 2 saturated heterocycles. The molecule has 2 atom stereocenters. The van der Waals surface area contributed by atoms with Gasteiger partial charge in [-0.1, -0.05) is 36.4 Å². The van der Waals surface area contributed by atoms with Crippen molar-refractivity contribution >= 4 is 11.7 Å². The van der Waals surface area contributed by atoms with Crippen molar-refractivity contribution in [2.24, 2.45) is 0 Å². The Morgan fingerprint density at radius 3 is 2.16 bits per heavy atom. The summed E-state index contributed by atoms with van der Waals surface area (Å²) in [6.45, 7) is 11.6. The molecule has 4 nitrogen and oxygen atoms in total. The standard InChI is InChI=1S/C21H29NO3/c1-14(2)15-6-8-16(9-7-15)21(24)12-17-10-11-18(13-21)22(17)19(23)25-20(3,4)5/h6-9,17-18,24H,1,10-13H2,2-5H3. The van der Waals surface area contributed by atoms with Gasteiger partial charge in [-0.2, -0.15) is 0 Å². The van der Waals surface area contributed by atoms with E-state index < -0.39 is 11.2 Å². The third-order valence-electron chi connectivity index (χ3n) is 5.29. The minimum Gasteiger partial charge on any atom is -0.444 e. The molecule has 4 heteroatoms. The third-order valence-corrected chi connectivity index (χ3v) is 5.29. The van der Waals surface area contributed by atoms with E-state index in [4.69, 9.17) is 4.74 Å². The number of carbonyl (C=O) groups is 1. The first-order chi connectivity index (χ1) is 11.6. The fourth-order valence-corrected chi connectivity index (χ4v) is 4.14. The molecule has 2 aliphatic heterocycles. The fraction of sp³-hybridized carbons (Fsp3) is 0.571. The summed E-state index contributed by atoms with van der Waals surface area (Å²) < 4.78 is 5.57. The lowest BCUT2D eigenvalue weighted by molar-refractivity contribution is -0.0624. The summed E-state index contributed by atoms with van der Waals surface area (Å²) in [5.74, 6) is 0. The Hall–Kier alpha value is -1.81. The van der Waals surface area contributed by atoms with Gasteiger partial charge in [0.25, 0.3) is 0 Å².